The molecule has 2 N–H and O–H groups in total. The van der Waals surface area contributed by atoms with Gasteiger partial charge in [0.1, 0.15) is 12.2 Å². The molecule has 2 atom stereocenters. The molecule has 2 aliphatic rings. The Hall–Kier alpha value is -4.20. The molecule has 47 heavy (non-hydrogen) atoms. The lowest BCUT2D eigenvalue weighted by Gasteiger charge is -2.34. The molecule has 0 radical (unpaired) electrons. The summed E-state index contributed by atoms with van der Waals surface area (Å²) in [5.74, 6) is -0.485. The van der Waals surface area contributed by atoms with Crippen LogP contribution < -0.4 is 0 Å². The third kappa shape index (κ3) is 11.2. The summed E-state index contributed by atoms with van der Waals surface area (Å²) in [7, 11) is 0. The van der Waals surface area contributed by atoms with Crippen LogP contribution in [0.1, 0.15) is 82.1 Å². The molecule has 0 aliphatic heterocycles. The lowest BCUT2D eigenvalue weighted by atomic mass is 9.71. The summed E-state index contributed by atoms with van der Waals surface area (Å²) in [6, 6.07) is 0. The standard InChI is InChI=1S/C40H51NO6/c1-26(16-13-17-27(2)18-20-33-30(5)37(44)35(42)24-39(33,7)8)14-11-12-15-28(3)22-32(41(46)47)23-29(4)19-21-34-31(6)38(45)36(43)25-40(34,9)10/h11-23,35-36,42-43H,24-25H2,1-10H3/b12-11+,16-13+,20-18+,21-19+,26-14+,27-17+,28-15+,29-23+,32-22-/t35-,36-/m0/s1. The first kappa shape index (κ1) is 39.0. The van der Waals surface area contributed by atoms with Gasteiger partial charge in [-0.25, -0.2) is 0 Å². The van der Waals surface area contributed by atoms with Gasteiger partial charge < -0.3 is 10.2 Å². The van der Waals surface area contributed by atoms with Crippen molar-refractivity contribution in [3.8, 4) is 0 Å². The zero-order chi connectivity index (χ0) is 35.7. The van der Waals surface area contributed by atoms with Crippen LogP contribution in [-0.4, -0.2) is 38.9 Å². The molecule has 0 unspecified atom stereocenters. The van der Waals surface area contributed by atoms with Gasteiger partial charge in [0.05, 0.1) is 4.92 Å². The van der Waals surface area contributed by atoms with Crippen LogP contribution >= 0.6 is 0 Å². The zero-order valence-electron chi connectivity index (χ0n) is 29.5. The van der Waals surface area contributed by atoms with Crippen molar-refractivity contribution in [2.24, 2.45) is 10.8 Å². The molecule has 0 aromatic rings. The SMILES string of the molecule is CC1=C(/C=C/C(C)=C/C=C/C(C)=C/C=C/C=C(C)/C=C(/C=C(C)/C=C/C2=C(C)C(=O)[C@@H](O)CC2(C)C)[N+](=O)[O-])C(C)(C)C[C@H](O)C1=O. The van der Waals surface area contributed by atoms with Crippen LogP contribution in [-0.2, 0) is 9.59 Å². The second-order valence-corrected chi connectivity index (χ2v) is 13.9. The smallest absolute Gasteiger partial charge is 0.269 e. The van der Waals surface area contributed by atoms with E-state index >= 15 is 0 Å². The van der Waals surface area contributed by atoms with Crippen molar-refractivity contribution >= 4 is 11.6 Å². The minimum atomic E-state index is -1.00. The largest absolute Gasteiger partial charge is 0.385 e. The van der Waals surface area contributed by atoms with E-state index in [0.29, 0.717) is 35.1 Å². The predicted octanol–water partition coefficient (Wildman–Crippen LogP) is 8.51. The van der Waals surface area contributed by atoms with Crippen molar-refractivity contribution in [3.05, 3.63) is 139 Å². The molecule has 0 amide bonds. The number of allylic oxidation sites excluding steroid dienone is 19. The molecular formula is C40H51NO6. The maximum atomic E-state index is 12.3. The van der Waals surface area contributed by atoms with Gasteiger partial charge in [0.25, 0.3) is 5.70 Å². The Bertz CT molecular complexity index is 1610. The van der Waals surface area contributed by atoms with Crippen LogP contribution in [0.25, 0.3) is 0 Å². The maximum absolute atomic E-state index is 12.3. The first-order valence-electron chi connectivity index (χ1n) is 15.9. The molecule has 0 heterocycles. The number of nitro groups is 1. The molecule has 0 aromatic heterocycles. The third-order valence-electron chi connectivity index (χ3n) is 8.55. The van der Waals surface area contributed by atoms with E-state index in [9.17, 15) is 29.9 Å². The summed E-state index contributed by atoms with van der Waals surface area (Å²) in [5, 5.41) is 31.8. The minimum absolute atomic E-state index is 0.0528. The van der Waals surface area contributed by atoms with E-state index in [0.717, 1.165) is 22.3 Å². The third-order valence-corrected chi connectivity index (χ3v) is 8.55. The normalized spacial score (nSPS) is 23.9. The number of carbonyl (C=O) groups excluding carboxylic acids is 2. The van der Waals surface area contributed by atoms with E-state index < -0.39 is 22.5 Å². The fraction of sp³-hybridized carbons (Fsp3) is 0.400. The maximum Gasteiger partial charge on any atom is 0.269 e. The number of ketones is 2. The van der Waals surface area contributed by atoms with Gasteiger partial charge in [0.15, 0.2) is 11.6 Å². The van der Waals surface area contributed by atoms with Crippen LogP contribution in [0.15, 0.2) is 129 Å². The topological polar surface area (TPSA) is 118 Å². The predicted molar refractivity (Wildman–Crippen MR) is 191 cm³/mol. The molecule has 2 aliphatic carbocycles. The van der Waals surface area contributed by atoms with Gasteiger partial charge in [0.2, 0.25) is 0 Å². The molecule has 2 rings (SSSR count). The van der Waals surface area contributed by atoms with Crippen LogP contribution in [0.3, 0.4) is 0 Å². The van der Waals surface area contributed by atoms with Crippen molar-refractivity contribution in [2.45, 2.75) is 94.3 Å². The van der Waals surface area contributed by atoms with Crippen molar-refractivity contribution in [2.75, 3.05) is 0 Å². The number of hydrogen-bond donors (Lipinski definition) is 2. The van der Waals surface area contributed by atoms with Gasteiger partial charge in [-0.3, -0.25) is 19.7 Å². The number of hydrogen-bond acceptors (Lipinski definition) is 6. The highest BCUT2D eigenvalue weighted by atomic mass is 16.6. The summed E-state index contributed by atoms with van der Waals surface area (Å²) in [4.78, 5) is 35.9. The molecule has 0 fully saturated rings. The molecule has 0 bridgehead atoms. The Morgan fingerprint density at radius 2 is 1.09 bits per heavy atom. The van der Waals surface area contributed by atoms with Crippen molar-refractivity contribution in [1.82, 2.24) is 0 Å². The number of carbonyl (C=O) groups is 2. The molecule has 7 nitrogen and oxygen atoms in total. The second-order valence-electron chi connectivity index (χ2n) is 13.9. The molecular weight excluding hydrogens is 590 g/mol. The Kier molecular flexibility index (Phi) is 13.7. The fourth-order valence-corrected chi connectivity index (χ4v) is 5.87. The van der Waals surface area contributed by atoms with Gasteiger partial charge in [-0.1, -0.05) is 106 Å². The van der Waals surface area contributed by atoms with Crippen molar-refractivity contribution < 1.29 is 24.7 Å². The molecule has 252 valence electrons. The van der Waals surface area contributed by atoms with Crippen LogP contribution in [0, 0.1) is 20.9 Å². The fourth-order valence-electron chi connectivity index (χ4n) is 5.87. The van der Waals surface area contributed by atoms with Crippen molar-refractivity contribution in [1.29, 1.82) is 0 Å². The number of rotatable bonds is 11. The van der Waals surface area contributed by atoms with Gasteiger partial charge in [-0.15, -0.1) is 0 Å². The number of Topliss-reactive ketones (excluding diaryl/α,β-unsaturated/α-hetero) is 2. The molecule has 0 saturated carbocycles. The Balaban J connectivity index is 2.10. The first-order chi connectivity index (χ1) is 21.8. The summed E-state index contributed by atoms with van der Waals surface area (Å²) >= 11 is 0. The molecule has 7 heteroatoms. The molecule has 0 saturated heterocycles. The average Bonchev–Trinajstić information content (AvgIpc) is 2.95. The van der Waals surface area contributed by atoms with E-state index in [-0.39, 0.29) is 22.7 Å². The lowest BCUT2D eigenvalue weighted by molar-refractivity contribution is -0.419. The quantitative estimate of drug-likeness (QED) is 0.133. The van der Waals surface area contributed by atoms with Crippen LogP contribution in [0.5, 0.6) is 0 Å². The van der Waals surface area contributed by atoms with Crippen LogP contribution in [0.4, 0.5) is 0 Å². The van der Waals surface area contributed by atoms with Gasteiger partial charge in [-0.05, 0) is 98.7 Å². The van der Waals surface area contributed by atoms with Gasteiger partial charge in [-0.2, -0.15) is 0 Å². The van der Waals surface area contributed by atoms with Crippen LogP contribution in [0.2, 0.25) is 0 Å². The minimum Gasteiger partial charge on any atom is -0.385 e. The van der Waals surface area contributed by atoms with Crippen molar-refractivity contribution in [3.63, 3.8) is 0 Å². The summed E-state index contributed by atoms with van der Waals surface area (Å²) in [5.41, 5.74) is 5.58. The van der Waals surface area contributed by atoms with E-state index in [1.54, 1.807) is 39.8 Å². The Morgan fingerprint density at radius 3 is 1.55 bits per heavy atom. The van der Waals surface area contributed by atoms with Gasteiger partial charge >= 0.3 is 0 Å². The highest BCUT2D eigenvalue weighted by Crippen LogP contribution is 2.40. The van der Waals surface area contributed by atoms with E-state index in [2.05, 4.69) is 0 Å². The molecule has 0 spiro atoms. The second kappa shape index (κ2) is 16.6. The Morgan fingerprint density at radius 1 is 0.681 bits per heavy atom. The summed E-state index contributed by atoms with van der Waals surface area (Å²) in [6.45, 7) is 19.0. The summed E-state index contributed by atoms with van der Waals surface area (Å²) in [6.07, 6.45) is 22.7. The van der Waals surface area contributed by atoms with Gasteiger partial charge in [0, 0.05) is 12.2 Å². The lowest BCUT2D eigenvalue weighted by Crippen LogP contribution is -2.35. The monoisotopic (exact) mass is 641 g/mol. The van der Waals surface area contributed by atoms with E-state index in [4.69, 9.17) is 0 Å². The highest BCUT2D eigenvalue weighted by molar-refractivity contribution is 6.01. The zero-order valence-corrected chi connectivity index (χ0v) is 29.5. The number of aliphatic hydroxyl groups is 2. The van der Waals surface area contributed by atoms with E-state index in [1.165, 1.54) is 12.2 Å². The average molecular weight is 642 g/mol. The number of nitrogens with zero attached hydrogens (tertiary/aromatic N) is 1. The van der Waals surface area contributed by atoms with E-state index in [1.807, 2.05) is 96.2 Å². The first-order valence-corrected chi connectivity index (χ1v) is 15.9. The summed E-state index contributed by atoms with van der Waals surface area (Å²) < 4.78 is 0. The number of aliphatic hydroxyl groups excluding tert-OH is 2. The highest BCUT2D eigenvalue weighted by Gasteiger charge is 2.37. The molecule has 0 aromatic carbocycles. The Labute approximate surface area is 280 Å².